The summed E-state index contributed by atoms with van der Waals surface area (Å²) in [5, 5.41) is 5.77. The summed E-state index contributed by atoms with van der Waals surface area (Å²) in [6.07, 6.45) is 0. The van der Waals surface area contributed by atoms with E-state index in [0.29, 0.717) is 11.5 Å². The van der Waals surface area contributed by atoms with E-state index in [1.165, 1.54) is 22.5 Å². The van der Waals surface area contributed by atoms with Crippen molar-refractivity contribution in [3.05, 3.63) is 85.6 Å². The SMILES string of the molecule is Cc1ccc(C(C)NC(=O)c2cc(COc3ccc(Cl)c(C)c3)cs2)c(C)c1. The summed E-state index contributed by atoms with van der Waals surface area (Å²) in [5.41, 5.74) is 5.49. The van der Waals surface area contributed by atoms with Crippen LogP contribution in [0.3, 0.4) is 0 Å². The highest BCUT2D eigenvalue weighted by Crippen LogP contribution is 2.24. The number of hydrogen-bond acceptors (Lipinski definition) is 3. The highest BCUT2D eigenvalue weighted by atomic mass is 35.5. The minimum Gasteiger partial charge on any atom is -0.489 e. The molecule has 0 spiro atoms. The molecule has 1 unspecified atom stereocenters. The summed E-state index contributed by atoms with van der Waals surface area (Å²) < 4.78 is 5.81. The van der Waals surface area contributed by atoms with Crippen molar-refractivity contribution in [2.75, 3.05) is 0 Å². The molecule has 1 amide bonds. The quantitative estimate of drug-likeness (QED) is 0.508. The van der Waals surface area contributed by atoms with E-state index in [1.807, 2.05) is 43.5 Å². The molecule has 0 bridgehead atoms. The van der Waals surface area contributed by atoms with Crippen LogP contribution >= 0.6 is 22.9 Å². The molecule has 0 aliphatic heterocycles. The molecule has 0 aliphatic rings. The third-order valence-electron chi connectivity index (χ3n) is 4.65. The Morgan fingerprint density at radius 2 is 1.89 bits per heavy atom. The Morgan fingerprint density at radius 3 is 2.61 bits per heavy atom. The lowest BCUT2D eigenvalue weighted by molar-refractivity contribution is 0.0944. The fourth-order valence-electron chi connectivity index (χ4n) is 3.10. The summed E-state index contributed by atoms with van der Waals surface area (Å²) in [6, 6.07) is 13.7. The minimum absolute atomic E-state index is 0.0491. The third kappa shape index (κ3) is 4.94. The third-order valence-corrected chi connectivity index (χ3v) is 6.05. The van der Waals surface area contributed by atoms with Crippen LogP contribution in [0, 0.1) is 20.8 Å². The lowest BCUT2D eigenvalue weighted by Crippen LogP contribution is -2.26. The van der Waals surface area contributed by atoms with Crippen LogP contribution < -0.4 is 10.1 Å². The number of benzene rings is 2. The van der Waals surface area contributed by atoms with Crippen LogP contribution in [0.15, 0.2) is 47.8 Å². The number of rotatable bonds is 6. The summed E-state index contributed by atoms with van der Waals surface area (Å²) >= 11 is 7.47. The molecule has 2 aromatic carbocycles. The molecule has 1 atom stereocenters. The number of hydrogen-bond donors (Lipinski definition) is 1. The van der Waals surface area contributed by atoms with Gasteiger partial charge in [0.15, 0.2) is 0 Å². The molecule has 0 radical (unpaired) electrons. The van der Waals surface area contributed by atoms with E-state index in [2.05, 4.69) is 37.4 Å². The summed E-state index contributed by atoms with van der Waals surface area (Å²) in [4.78, 5) is 13.3. The molecule has 28 heavy (non-hydrogen) atoms. The van der Waals surface area contributed by atoms with Crippen molar-refractivity contribution < 1.29 is 9.53 Å². The first-order chi connectivity index (χ1) is 13.3. The summed E-state index contributed by atoms with van der Waals surface area (Å²) in [5.74, 6) is 0.702. The van der Waals surface area contributed by atoms with Gasteiger partial charge in [-0.05, 0) is 74.0 Å². The van der Waals surface area contributed by atoms with Gasteiger partial charge in [-0.2, -0.15) is 0 Å². The van der Waals surface area contributed by atoms with Gasteiger partial charge in [-0.3, -0.25) is 4.79 Å². The molecule has 1 N–H and O–H groups in total. The van der Waals surface area contributed by atoms with E-state index >= 15 is 0 Å². The first-order valence-corrected chi connectivity index (χ1v) is 10.4. The Balaban J connectivity index is 1.61. The number of thiophene rings is 1. The number of ether oxygens (including phenoxy) is 1. The second-order valence-electron chi connectivity index (χ2n) is 7.07. The van der Waals surface area contributed by atoms with E-state index in [9.17, 15) is 4.79 Å². The zero-order valence-electron chi connectivity index (χ0n) is 16.5. The smallest absolute Gasteiger partial charge is 0.261 e. The topological polar surface area (TPSA) is 38.3 Å². The lowest BCUT2D eigenvalue weighted by atomic mass is 10.0. The van der Waals surface area contributed by atoms with Crippen molar-refractivity contribution in [1.29, 1.82) is 0 Å². The predicted molar refractivity (Wildman–Crippen MR) is 117 cm³/mol. The Kier molecular flexibility index (Phi) is 6.42. The number of nitrogens with one attached hydrogen (secondary N) is 1. The van der Waals surface area contributed by atoms with Gasteiger partial charge < -0.3 is 10.1 Å². The van der Waals surface area contributed by atoms with Gasteiger partial charge >= 0.3 is 0 Å². The Hall–Kier alpha value is -2.30. The van der Waals surface area contributed by atoms with Crippen LogP contribution in [0.1, 0.15) is 50.5 Å². The molecule has 0 saturated carbocycles. The number of aryl methyl sites for hydroxylation is 3. The number of carbonyl (C=O) groups is 1. The second kappa shape index (κ2) is 8.80. The molecule has 0 fully saturated rings. The number of halogens is 1. The largest absolute Gasteiger partial charge is 0.489 e. The van der Waals surface area contributed by atoms with Crippen molar-refractivity contribution in [2.24, 2.45) is 0 Å². The number of carbonyl (C=O) groups excluding carboxylic acids is 1. The molecule has 1 heterocycles. The first kappa shape index (κ1) is 20.4. The first-order valence-electron chi connectivity index (χ1n) is 9.18. The Labute approximate surface area is 175 Å². The molecule has 3 rings (SSSR count). The molecule has 0 saturated heterocycles. The van der Waals surface area contributed by atoms with Gasteiger partial charge in [-0.15, -0.1) is 11.3 Å². The van der Waals surface area contributed by atoms with E-state index < -0.39 is 0 Å². The fraction of sp³-hybridized carbons (Fsp3) is 0.261. The van der Waals surface area contributed by atoms with Crippen molar-refractivity contribution in [1.82, 2.24) is 5.32 Å². The van der Waals surface area contributed by atoms with Crippen LogP contribution in [0.5, 0.6) is 5.75 Å². The zero-order chi connectivity index (χ0) is 20.3. The van der Waals surface area contributed by atoms with E-state index in [1.54, 1.807) is 0 Å². The van der Waals surface area contributed by atoms with E-state index in [0.717, 1.165) is 27.5 Å². The average Bonchev–Trinajstić information content (AvgIpc) is 3.12. The predicted octanol–water partition coefficient (Wildman–Crippen LogP) is 6.40. The molecule has 0 aliphatic carbocycles. The van der Waals surface area contributed by atoms with Gasteiger partial charge in [0.2, 0.25) is 0 Å². The van der Waals surface area contributed by atoms with Crippen LogP contribution in [-0.2, 0) is 6.61 Å². The van der Waals surface area contributed by atoms with E-state index in [-0.39, 0.29) is 11.9 Å². The standard InChI is InChI=1S/C23H24ClNO2S/c1-14-5-7-20(15(2)9-14)17(4)25-23(26)22-11-18(13-28-22)12-27-19-6-8-21(24)16(3)10-19/h5-11,13,17H,12H2,1-4H3,(H,25,26). The molecule has 3 nitrogen and oxygen atoms in total. The molecular weight excluding hydrogens is 390 g/mol. The average molecular weight is 414 g/mol. The summed E-state index contributed by atoms with van der Waals surface area (Å²) in [7, 11) is 0. The fourth-order valence-corrected chi connectivity index (χ4v) is 4.02. The van der Waals surface area contributed by atoms with Gasteiger partial charge in [0, 0.05) is 10.6 Å². The monoisotopic (exact) mass is 413 g/mol. The molecule has 1 aromatic heterocycles. The van der Waals surface area contributed by atoms with Gasteiger partial charge in [0.1, 0.15) is 12.4 Å². The van der Waals surface area contributed by atoms with Crippen molar-refractivity contribution in [3.8, 4) is 5.75 Å². The second-order valence-corrected chi connectivity index (χ2v) is 8.39. The van der Waals surface area contributed by atoms with Crippen LogP contribution in [0.2, 0.25) is 5.02 Å². The maximum absolute atomic E-state index is 12.6. The maximum Gasteiger partial charge on any atom is 0.261 e. The molecule has 5 heteroatoms. The van der Waals surface area contributed by atoms with Gasteiger partial charge in [-0.1, -0.05) is 35.4 Å². The Bertz CT molecular complexity index is 996. The summed E-state index contributed by atoms with van der Waals surface area (Å²) in [6.45, 7) is 8.51. The van der Waals surface area contributed by atoms with Crippen molar-refractivity contribution in [2.45, 2.75) is 40.3 Å². The van der Waals surface area contributed by atoms with E-state index in [4.69, 9.17) is 16.3 Å². The van der Waals surface area contributed by atoms with Crippen molar-refractivity contribution in [3.63, 3.8) is 0 Å². The van der Waals surface area contributed by atoms with Crippen molar-refractivity contribution >= 4 is 28.8 Å². The number of amides is 1. The Morgan fingerprint density at radius 1 is 1.11 bits per heavy atom. The lowest BCUT2D eigenvalue weighted by Gasteiger charge is -2.16. The minimum atomic E-state index is -0.0638. The zero-order valence-corrected chi connectivity index (χ0v) is 18.1. The van der Waals surface area contributed by atoms with Gasteiger partial charge in [-0.25, -0.2) is 0 Å². The molecule has 3 aromatic rings. The van der Waals surface area contributed by atoms with Crippen LogP contribution in [-0.4, -0.2) is 5.91 Å². The maximum atomic E-state index is 12.6. The van der Waals surface area contributed by atoms with Crippen LogP contribution in [0.25, 0.3) is 0 Å². The molecular formula is C23H24ClNO2S. The van der Waals surface area contributed by atoms with Crippen LogP contribution in [0.4, 0.5) is 0 Å². The highest BCUT2D eigenvalue weighted by molar-refractivity contribution is 7.12. The highest BCUT2D eigenvalue weighted by Gasteiger charge is 2.15. The van der Waals surface area contributed by atoms with Gasteiger partial charge in [0.05, 0.1) is 10.9 Å². The molecule has 146 valence electrons. The normalized spacial score (nSPS) is 11.9. The van der Waals surface area contributed by atoms with Gasteiger partial charge in [0.25, 0.3) is 5.91 Å².